The third-order valence-corrected chi connectivity index (χ3v) is 5.63. The molecule has 5 aromatic rings. The van der Waals surface area contributed by atoms with Gasteiger partial charge in [0.25, 0.3) is 5.91 Å². The molecule has 2 aromatic carbocycles. The van der Waals surface area contributed by atoms with E-state index in [1.807, 2.05) is 61.5 Å². The van der Waals surface area contributed by atoms with Gasteiger partial charge < -0.3 is 5.32 Å². The number of nitrogens with zero attached hydrogens (tertiary/aromatic N) is 5. The van der Waals surface area contributed by atoms with Gasteiger partial charge in [0.15, 0.2) is 0 Å². The number of rotatable bonds is 5. The van der Waals surface area contributed by atoms with Gasteiger partial charge in [-0.3, -0.25) is 19.7 Å². The smallest absolute Gasteiger partial charge is 0.272 e. The van der Waals surface area contributed by atoms with E-state index in [9.17, 15) is 10.1 Å². The topological polar surface area (TPSA) is 104 Å². The summed E-state index contributed by atoms with van der Waals surface area (Å²) in [5.74, 6) is -0.350. The maximum Gasteiger partial charge on any atom is 0.272 e. The first-order valence-electron chi connectivity index (χ1n) is 11.1. The number of aromatic nitrogens is 4. The molecule has 0 saturated carbocycles. The van der Waals surface area contributed by atoms with Gasteiger partial charge in [-0.1, -0.05) is 30.3 Å². The van der Waals surface area contributed by atoms with Gasteiger partial charge in [-0.25, -0.2) is 4.98 Å². The van der Waals surface area contributed by atoms with Gasteiger partial charge in [-0.15, -0.1) is 0 Å². The summed E-state index contributed by atoms with van der Waals surface area (Å²) in [6.07, 6.45) is 4.89. The molecule has 1 amide bonds. The van der Waals surface area contributed by atoms with E-state index in [4.69, 9.17) is 4.98 Å². The van der Waals surface area contributed by atoms with Gasteiger partial charge in [0, 0.05) is 28.9 Å². The van der Waals surface area contributed by atoms with Crippen LogP contribution in [0.15, 0.2) is 91.4 Å². The SMILES string of the molecule is CC(NC(=O)c1cnc(-c2cccc(C#N)c2)c(-c2ccc3ncccc3c2)n1)c1ccccn1. The Kier molecular flexibility index (Phi) is 5.93. The molecule has 3 aromatic heterocycles. The van der Waals surface area contributed by atoms with Gasteiger partial charge in [0.05, 0.1) is 46.5 Å². The molecule has 0 aliphatic carbocycles. The summed E-state index contributed by atoms with van der Waals surface area (Å²) in [4.78, 5) is 31.1. The van der Waals surface area contributed by atoms with E-state index in [0.717, 1.165) is 27.7 Å². The first-order chi connectivity index (χ1) is 17.1. The number of hydrogen-bond donors (Lipinski definition) is 1. The lowest BCUT2D eigenvalue weighted by atomic mass is 10.0. The molecule has 0 fully saturated rings. The van der Waals surface area contributed by atoms with E-state index < -0.39 is 0 Å². The Morgan fingerprint density at radius 2 is 1.74 bits per heavy atom. The highest BCUT2D eigenvalue weighted by atomic mass is 16.1. The molecule has 5 rings (SSSR count). The highest BCUT2D eigenvalue weighted by Gasteiger charge is 2.19. The van der Waals surface area contributed by atoms with Crippen molar-refractivity contribution in [3.63, 3.8) is 0 Å². The van der Waals surface area contributed by atoms with Crippen molar-refractivity contribution in [1.82, 2.24) is 25.3 Å². The minimum atomic E-state index is -0.350. The first-order valence-corrected chi connectivity index (χ1v) is 11.1. The standard InChI is InChI=1S/C28H20N6O/c1-18(23-9-2-3-12-30-23)33-28(35)25-17-32-26(21-7-4-6-19(14-21)16-29)27(34-25)22-10-11-24-20(15-22)8-5-13-31-24/h2-15,17-18H,1H3,(H,33,35). The van der Waals surface area contributed by atoms with Crippen molar-refractivity contribution in [1.29, 1.82) is 5.26 Å². The normalized spacial score (nSPS) is 11.5. The predicted octanol–water partition coefficient (Wildman–Crippen LogP) is 5.12. The van der Waals surface area contributed by atoms with Crippen molar-refractivity contribution < 1.29 is 4.79 Å². The molecule has 0 spiro atoms. The molecule has 7 nitrogen and oxygen atoms in total. The van der Waals surface area contributed by atoms with Crippen LogP contribution in [-0.4, -0.2) is 25.8 Å². The lowest BCUT2D eigenvalue weighted by Gasteiger charge is -2.15. The summed E-state index contributed by atoms with van der Waals surface area (Å²) >= 11 is 0. The van der Waals surface area contributed by atoms with Crippen molar-refractivity contribution in [3.8, 4) is 28.6 Å². The lowest BCUT2D eigenvalue weighted by molar-refractivity contribution is 0.0934. The van der Waals surface area contributed by atoms with Crippen LogP contribution >= 0.6 is 0 Å². The molecule has 35 heavy (non-hydrogen) atoms. The Labute approximate surface area is 202 Å². The second-order valence-corrected chi connectivity index (χ2v) is 8.01. The number of carbonyl (C=O) groups excluding carboxylic acids is 1. The van der Waals surface area contributed by atoms with E-state index in [2.05, 4.69) is 26.3 Å². The van der Waals surface area contributed by atoms with Crippen LogP contribution in [-0.2, 0) is 0 Å². The molecule has 7 heteroatoms. The van der Waals surface area contributed by atoms with Gasteiger partial charge in [0.1, 0.15) is 5.69 Å². The molecule has 168 valence electrons. The van der Waals surface area contributed by atoms with Crippen molar-refractivity contribution in [2.24, 2.45) is 0 Å². The largest absolute Gasteiger partial charge is 0.343 e. The van der Waals surface area contributed by atoms with Crippen molar-refractivity contribution >= 4 is 16.8 Å². The van der Waals surface area contributed by atoms with E-state index in [1.54, 1.807) is 30.6 Å². The number of fused-ring (bicyclic) bond motifs is 1. The quantitative estimate of drug-likeness (QED) is 0.394. The molecular weight excluding hydrogens is 436 g/mol. The van der Waals surface area contributed by atoms with Crippen LogP contribution in [0.5, 0.6) is 0 Å². The lowest BCUT2D eigenvalue weighted by Crippen LogP contribution is -2.28. The molecule has 3 heterocycles. The fourth-order valence-corrected chi connectivity index (χ4v) is 3.85. The number of benzene rings is 2. The van der Waals surface area contributed by atoms with Crippen molar-refractivity contribution in [3.05, 3.63) is 108 Å². The zero-order chi connectivity index (χ0) is 24.2. The summed E-state index contributed by atoms with van der Waals surface area (Å²) in [5, 5.41) is 13.2. The van der Waals surface area contributed by atoms with Crippen LogP contribution in [0.2, 0.25) is 0 Å². The molecule has 0 radical (unpaired) electrons. The van der Waals surface area contributed by atoms with Crippen LogP contribution in [0.3, 0.4) is 0 Å². The summed E-state index contributed by atoms with van der Waals surface area (Å²) < 4.78 is 0. The van der Waals surface area contributed by atoms with E-state index >= 15 is 0 Å². The van der Waals surface area contributed by atoms with Crippen molar-refractivity contribution in [2.45, 2.75) is 13.0 Å². The number of carbonyl (C=O) groups is 1. The zero-order valence-corrected chi connectivity index (χ0v) is 18.9. The highest BCUT2D eigenvalue weighted by Crippen LogP contribution is 2.31. The van der Waals surface area contributed by atoms with E-state index in [0.29, 0.717) is 17.0 Å². The average molecular weight is 457 g/mol. The van der Waals surface area contributed by atoms with Gasteiger partial charge >= 0.3 is 0 Å². The number of amides is 1. The van der Waals surface area contributed by atoms with Crippen LogP contribution < -0.4 is 5.32 Å². The summed E-state index contributed by atoms with van der Waals surface area (Å²) in [6, 6.07) is 24.2. The molecule has 0 aliphatic heterocycles. The zero-order valence-electron chi connectivity index (χ0n) is 18.9. The maximum atomic E-state index is 13.1. The van der Waals surface area contributed by atoms with E-state index in [-0.39, 0.29) is 17.6 Å². The second kappa shape index (κ2) is 9.49. The van der Waals surface area contributed by atoms with Gasteiger partial charge in [-0.05, 0) is 49.4 Å². The summed E-state index contributed by atoms with van der Waals surface area (Å²) in [6.45, 7) is 1.87. The predicted molar refractivity (Wildman–Crippen MR) is 133 cm³/mol. The maximum absolute atomic E-state index is 13.1. The average Bonchev–Trinajstić information content (AvgIpc) is 2.93. The molecule has 1 N–H and O–H groups in total. The number of hydrogen-bond acceptors (Lipinski definition) is 6. The molecule has 1 atom stereocenters. The first kappa shape index (κ1) is 21.9. The van der Waals surface area contributed by atoms with Crippen LogP contribution in [0.4, 0.5) is 0 Å². The van der Waals surface area contributed by atoms with Crippen LogP contribution in [0.1, 0.15) is 34.7 Å². The number of nitrogens with one attached hydrogen (secondary N) is 1. The summed E-state index contributed by atoms with van der Waals surface area (Å²) in [5.41, 5.74) is 4.98. The summed E-state index contributed by atoms with van der Waals surface area (Å²) in [7, 11) is 0. The Morgan fingerprint density at radius 3 is 2.57 bits per heavy atom. The van der Waals surface area contributed by atoms with E-state index in [1.165, 1.54) is 6.20 Å². The Balaban J connectivity index is 1.59. The van der Waals surface area contributed by atoms with Crippen LogP contribution in [0.25, 0.3) is 33.4 Å². The van der Waals surface area contributed by atoms with Gasteiger partial charge in [-0.2, -0.15) is 5.26 Å². The number of pyridine rings is 2. The third kappa shape index (κ3) is 4.59. The third-order valence-electron chi connectivity index (χ3n) is 5.63. The molecule has 1 unspecified atom stereocenters. The van der Waals surface area contributed by atoms with Crippen molar-refractivity contribution in [2.75, 3.05) is 0 Å². The molecule has 0 aliphatic rings. The molecule has 0 bridgehead atoms. The van der Waals surface area contributed by atoms with Gasteiger partial charge in [0.2, 0.25) is 0 Å². The minimum absolute atomic E-state index is 0.189. The highest BCUT2D eigenvalue weighted by molar-refractivity contribution is 5.94. The Bertz CT molecular complexity index is 1580. The Morgan fingerprint density at radius 1 is 0.886 bits per heavy atom. The monoisotopic (exact) mass is 456 g/mol. The second-order valence-electron chi connectivity index (χ2n) is 8.01. The Hall–Kier alpha value is -4.96. The molecular formula is C28H20N6O. The fraction of sp³-hybridized carbons (Fsp3) is 0.0714. The minimum Gasteiger partial charge on any atom is -0.343 e. The fourth-order valence-electron chi connectivity index (χ4n) is 3.85. The van der Waals surface area contributed by atoms with Crippen LogP contribution in [0, 0.1) is 11.3 Å². The molecule has 0 saturated heterocycles. The number of nitriles is 1.